The normalized spacial score (nSPS) is 10.6. The molecule has 0 aliphatic rings. The molecule has 5 aromatic rings. The summed E-state index contributed by atoms with van der Waals surface area (Å²) in [7, 11) is 0. The lowest BCUT2D eigenvalue weighted by Gasteiger charge is -2.18. The second-order valence-electron chi connectivity index (χ2n) is 11.8. The van der Waals surface area contributed by atoms with Gasteiger partial charge in [-0.1, -0.05) is 61.3 Å². The van der Waals surface area contributed by atoms with Crippen LogP contribution < -0.4 is 20.7 Å². The van der Waals surface area contributed by atoms with E-state index < -0.39 is 0 Å². The minimum absolute atomic E-state index is 0.000331. The molecule has 0 unspecified atom stereocenters. The molecule has 4 heteroatoms. The highest BCUT2D eigenvalue weighted by Crippen LogP contribution is 2.33. The molecule has 0 heterocycles. The first-order chi connectivity index (χ1) is 23.4. The van der Waals surface area contributed by atoms with Crippen LogP contribution in [0.5, 0.6) is 0 Å². The number of rotatable bonds is 9. The second kappa shape index (κ2) is 16.0. The van der Waals surface area contributed by atoms with E-state index in [2.05, 4.69) is 111 Å². The summed E-state index contributed by atoms with van der Waals surface area (Å²) in [5.74, 6) is 13.6. The second-order valence-corrected chi connectivity index (χ2v) is 11.8. The van der Waals surface area contributed by atoms with Gasteiger partial charge in [-0.25, -0.2) is 0 Å². The van der Waals surface area contributed by atoms with Crippen LogP contribution in [0, 0.1) is 23.7 Å². The summed E-state index contributed by atoms with van der Waals surface area (Å²) in [6.07, 6.45) is 3.14. The highest BCUT2D eigenvalue weighted by atomic mass is 16.1. The average molecular weight is 633 g/mol. The number of nitrogens with zero attached hydrogens (tertiary/aromatic N) is 2. The molecule has 5 aromatic carbocycles. The lowest BCUT2D eigenvalue weighted by molar-refractivity contribution is 0.802. The van der Waals surface area contributed by atoms with Crippen LogP contribution in [0.15, 0.2) is 101 Å². The summed E-state index contributed by atoms with van der Waals surface area (Å²) in [5.41, 5.74) is 6.17. The summed E-state index contributed by atoms with van der Waals surface area (Å²) in [4.78, 5) is 29.7. The van der Waals surface area contributed by atoms with E-state index in [1.807, 2.05) is 36.4 Å². The van der Waals surface area contributed by atoms with Crippen molar-refractivity contribution in [3.63, 3.8) is 0 Å². The third-order valence-electron chi connectivity index (χ3n) is 9.00. The number of fused-ring (bicyclic) bond motifs is 2. The predicted molar refractivity (Wildman–Crippen MR) is 205 cm³/mol. The molecule has 242 valence electrons. The minimum Gasteiger partial charge on any atom is -0.369 e. The molecule has 0 aromatic heterocycles. The molecular formula is C44H44N2O2. The molecule has 0 amide bonds. The van der Waals surface area contributed by atoms with E-state index in [4.69, 9.17) is 0 Å². The molecule has 0 aliphatic heterocycles. The summed E-state index contributed by atoms with van der Waals surface area (Å²) in [6, 6.07) is 29.5. The fourth-order valence-corrected chi connectivity index (χ4v) is 6.31. The maximum Gasteiger partial charge on any atom is 0.201 e. The smallest absolute Gasteiger partial charge is 0.201 e. The van der Waals surface area contributed by atoms with Crippen molar-refractivity contribution in [2.45, 2.75) is 53.9 Å². The Morgan fingerprint density at radius 3 is 1.35 bits per heavy atom. The molecule has 5 rings (SSSR count). The van der Waals surface area contributed by atoms with Crippen molar-refractivity contribution in [2.24, 2.45) is 0 Å². The Hall–Kier alpha value is -5.32. The van der Waals surface area contributed by atoms with Crippen LogP contribution in [0.1, 0.15) is 75.3 Å². The average Bonchev–Trinajstić information content (AvgIpc) is 3.41. The Kier molecular flexibility index (Phi) is 11.3. The third-order valence-corrected chi connectivity index (χ3v) is 9.00. The maximum atomic E-state index is 12.8. The lowest BCUT2D eigenvalue weighted by Crippen LogP contribution is -2.26. The monoisotopic (exact) mass is 632 g/mol. The van der Waals surface area contributed by atoms with Crippen molar-refractivity contribution in [2.75, 3.05) is 36.0 Å². The van der Waals surface area contributed by atoms with Gasteiger partial charge in [0.05, 0.1) is 11.4 Å². The van der Waals surface area contributed by atoms with Crippen LogP contribution in [0.4, 0.5) is 11.4 Å². The van der Waals surface area contributed by atoms with Crippen molar-refractivity contribution in [3.8, 4) is 23.7 Å². The highest BCUT2D eigenvalue weighted by molar-refractivity contribution is 6.06. The molecule has 0 bridgehead atoms. The Labute approximate surface area is 285 Å². The van der Waals surface area contributed by atoms with Crippen molar-refractivity contribution in [1.82, 2.24) is 0 Å². The number of unbranched alkanes of at least 4 members (excludes halogenated alkanes) is 1. The van der Waals surface area contributed by atoms with Crippen LogP contribution in [-0.2, 0) is 6.42 Å². The Bertz CT molecular complexity index is 2040. The molecule has 4 nitrogen and oxygen atoms in total. The van der Waals surface area contributed by atoms with Gasteiger partial charge in [-0.15, -0.1) is 0 Å². The van der Waals surface area contributed by atoms with Crippen LogP contribution >= 0.6 is 0 Å². The zero-order valence-electron chi connectivity index (χ0n) is 28.8. The fraction of sp³-hybridized carbons (Fsp3) is 0.273. The zero-order valence-corrected chi connectivity index (χ0v) is 28.8. The van der Waals surface area contributed by atoms with Gasteiger partial charge in [0.15, 0.2) is 0 Å². The number of anilines is 2. The van der Waals surface area contributed by atoms with E-state index >= 15 is 0 Å². The first kappa shape index (κ1) is 34.0. The van der Waals surface area contributed by atoms with E-state index in [1.165, 1.54) is 16.3 Å². The van der Waals surface area contributed by atoms with Crippen LogP contribution in [-0.4, -0.2) is 26.2 Å². The standard InChI is InChI=1S/C44H44N2O2/c1-6-11-16-36-37-17-12-14-34(25-19-32-21-27-41(43(47)29-23-32)45(7-2)8-3)39(37)31-40-35(15-13-18-38(36)40)26-20-33-22-28-42(44(48)30-24-33)46(9-4)10-5/h12-15,17-18,21-24,27-31H,6-11,16H2,1-5H3. The van der Waals surface area contributed by atoms with E-state index in [1.54, 1.807) is 12.1 Å². The molecule has 0 atom stereocenters. The highest BCUT2D eigenvalue weighted by Gasteiger charge is 2.12. The molecule has 0 spiro atoms. The van der Waals surface area contributed by atoms with Crippen LogP contribution in [0.2, 0.25) is 0 Å². The zero-order chi connectivity index (χ0) is 34.0. The maximum absolute atomic E-state index is 12.8. The quantitative estimate of drug-likeness (QED) is 0.121. The molecule has 0 saturated heterocycles. The predicted octanol–water partition coefficient (Wildman–Crippen LogP) is 8.55. The molecule has 0 fully saturated rings. The lowest BCUT2D eigenvalue weighted by atomic mass is 9.90. The molecule has 0 saturated carbocycles. The van der Waals surface area contributed by atoms with Gasteiger partial charge in [-0.3, -0.25) is 9.59 Å². The fourth-order valence-electron chi connectivity index (χ4n) is 6.31. The molecule has 48 heavy (non-hydrogen) atoms. The topological polar surface area (TPSA) is 40.6 Å². The van der Waals surface area contributed by atoms with Crippen molar-refractivity contribution >= 4 is 32.9 Å². The summed E-state index contributed by atoms with van der Waals surface area (Å²) < 4.78 is 0. The SMILES string of the molecule is CCCCc1c2cccc(C#Cc3ccc(N(CC)CC)c(=O)cc3)c2cc2c(C#Cc3ccc(N(CC)CC)c(=O)cc3)cccc12. The molecule has 0 aliphatic carbocycles. The Morgan fingerprint density at radius 1 is 0.500 bits per heavy atom. The summed E-state index contributed by atoms with van der Waals surface area (Å²) >= 11 is 0. The molecule has 0 N–H and O–H groups in total. The third kappa shape index (κ3) is 7.46. The first-order valence-corrected chi connectivity index (χ1v) is 17.2. The van der Waals surface area contributed by atoms with E-state index in [9.17, 15) is 9.59 Å². The van der Waals surface area contributed by atoms with Crippen molar-refractivity contribution in [3.05, 3.63) is 139 Å². The van der Waals surface area contributed by atoms with Gasteiger partial charge < -0.3 is 9.80 Å². The number of aryl methyl sites for hydroxylation is 1. The van der Waals surface area contributed by atoms with Gasteiger partial charge >= 0.3 is 0 Å². The van der Waals surface area contributed by atoms with E-state index in [0.717, 1.165) is 78.5 Å². The Balaban J connectivity index is 1.64. The first-order valence-electron chi connectivity index (χ1n) is 17.2. The minimum atomic E-state index is -0.000331. The van der Waals surface area contributed by atoms with Crippen molar-refractivity contribution < 1.29 is 0 Å². The number of benzene rings is 3. The van der Waals surface area contributed by atoms with E-state index in [0.29, 0.717) is 11.4 Å². The van der Waals surface area contributed by atoms with Crippen molar-refractivity contribution in [1.29, 1.82) is 0 Å². The largest absolute Gasteiger partial charge is 0.369 e. The van der Waals surface area contributed by atoms with Crippen LogP contribution in [0.25, 0.3) is 21.5 Å². The van der Waals surface area contributed by atoms with Gasteiger partial charge in [0.2, 0.25) is 10.9 Å². The van der Waals surface area contributed by atoms with Gasteiger partial charge in [0.25, 0.3) is 0 Å². The van der Waals surface area contributed by atoms with Gasteiger partial charge in [0, 0.05) is 48.4 Å². The summed E-state index contributed by atoms with van der Waals surface area (Å²) in [6.45, 7) is 13.5. The van der Waals surface area contributed by atoms with E-state index in [-0.39, 0.29) is 10.9 Å². The number of hydrogen-bond acceptors (Lipinski definition) is 4. The number of hydrogen-bond donors (Lipinski definition) is 0. The van der Waals surface area contributed by atoms with Gasteiger partial charge in [0.1, 0.15) is 0 Å². The Morgan fingerprint density at radius 2 is 0.938 bits per heavy atom. The van der Waals surface area contributed by atoms with Gasteiger partial charge in [-0.05, 0) is 134 Å². The van der Waals surface area contributed by atoms with Crippen LogP contribution in [0.3, 0.4) is 0 Å². The molecular weight excluding hydrogens is 588 g/mol. The summed E-state index contributed by atoms with van der Waals surface area (Å²) in [5, 5.41) is 4.60. The molecule has 0 radical (unpaired) electrons. The van der Waals surface area contributed by atoms with Gasteiger partial charge in [-0.2, -0.15) is 0 Å².